The Morgan fingerprint density at radius 3 is 1.46 bits per heavy atom. The van der Waals surface area contributed by atoms with Gasteiger partial charge in [-0.2, -0.15) is 0 Å². The predicted octanol–water partition coefficient (Wildman–Crippen LogP) is 3.97. The highest BCUT2D eigenvalue weighted by atomic mass is 16.5. The van der Waals surface area contributed by atoms with Gasteiger partial charge in [0.15, 0.2) is 0 Å². The largest absolute Gasteiger partial charge is 0.478 e. The van der Waals surface area contributed by atoms with Crippen molar-refractivity contribution in [1.29, 1.82) is 0 Å². The van der Waals surface area contributed by atoms with E-state index in [2.05, 4.69) is 31.1 Å². The number of carbonyl (C=O) groups is 3. The zero-order valence-corrected chi connectivity index (χ0v) is 15.4. The van der Waals surface area contributed by atoms with E-state index in [0.29, 0.717) is 5.57 Å². The van der Waals surface area contributed by atoms with E-state index in [9.17, 15) is 14.4 Å². The maximum Gasteiger partial charge on any atom is 0.332 e. The highest BCUT2D eigenvalue weighted by Gasteiger charge is 1.95. The van der Waals surface area contributed by atoms with E-state index < -0.39 is 11.9 Å². The third-order valence-electron chi connectivity index (χ3n) is 2.11. The zero-order valence-electron chi connectivity index (χ0n) is 15.4. The van der Waals surface area contributed by atoms with Crippen LogP contribution in [0.5, 0.6) is 0 Å². The third-order valence-corrected chi connectivity index (χ3v) is 2.11. The summed E-state index contributed by atoms with van der Waals surface area (Å²) in [6.07, 6.45) is 2.67. The first-order chi connectivity index (χ1) is 12.0. The molecule has 0 radical (unpaired) electrons. The lowest BCUT2D eigenvalue weighted by molar-refractivity contribution is -0.136. The van der Waals surface area contributed by atoms with E-state index in [-0.39, 0.29) is 11.5 Å². The monoisotopic (exact) mass is 362 g/mol. The van der Waals surface area contributed by atoms with Crippen molar-refractivity contribution in [1.82, 2.24) is 0 Å². The molecule has 0 amide bonds. The zero-order chi connectivity index (χ0) is 21.1. The Morgan fingerprint density at radius 1 is 0.962 bits per heavy atom. The molecule has 1 rings (SSSR count). The number of carboxylic acids is 2. The van der Waals surface area contributed by atoms with Crippen LogP contribution < -0.4 is 0 Å². The van der Waals surface area contributed by atoms with Gasteiger partial charge in [0.05, 0.1) is 7.11 Å². The predicted molar refractivity (Wildman–Crippen MR) is 104 cm³/mol. The van der Waals surface area contributed by atoms with Gasteiger partial charge < -0.3 is 14.9 Å². The number of esters is 1. The SMILES string of the molecule is C=C(C)C(=O)O.C=C(C)C(=O)OC.C=CC(=O)O.C=Cc1ccccc1. The van der Waals surface area contributed by atoms with Crippen molar-refractivity contribution < 1.29 is 29.3 Å². The first-order valence-electron chi connectivity index (χ1n) is 7.18. The Morgan fingerprint density at radius 2 is 1.35 bits per heavy atom. The summed E-state index contributed by atoms with van der Waals surface area (Å²) in [5.74, 6) is -2.26. The standard InChI is InChI=1S/C8H8.C5H8O2.C4H6O2.C3H4O2/c1-2-8-6-4-3-5-7-8;1-4(2)5(6)7-3;1-3(2)4(5)6;1-2-3(4)5/h2-7H,1H2;1H2,2-3H3;1H2,2H3,(H,5,6);2H,1H2,(H,4,5). The second kappa shape index (κ2) is 17.9. The molecule has 0 heterocycles. The Hall–Kier alpha value is -3.41. The molecule has 0 saturated heterocycles. The van der Waals surface area contributed by atoms with Crippen LogP contribution in [-0.4, -0.2) is 35.2 Å². The number of benzene rings is 1. The first-order valence-corrected chi connectivity index (χ1v) is 7.18. The molecule has 6 heteroatoms. The summed E-state index contributed by atoms with van der Waals surface area (Å²) in [6.45, 7) is 16.1. The van der Waals surface area contributed by atoms with Crippen molar-refractivity contribution in [3.8, 4) is 0 Å². The van der Waals surface area contributed by atoms with E-state index in [1.54, 1.807) is 6.92 Å². The van der Waals surface area contributed by atoms with Gasteiger partial charge in [0.25, 0.3) is 0 Å². The fourth-order valence-corrected chi connectivity index (χ4v) is 0.763. The molecule has 0 fully saturated rings. The van der Waals surface area contributed by atoms with Gasteiger partial charge >= 0.3 is 17.9 Å². The van der Waals surface area contributed by atoms with Crippen LogP contribution in [0.25, 0.3) is 6.08 Å². The van der Waals surface area contributed by atoms with E-state index in [1.165, 1.54) is 19.6 Å². The van der Waals surface area contributed by atoms with E-state index in [4.69, 9.17) is 10.2 Å². The van der Waals surface area contributed by atoms with E-state index in [1.807, 2.05) is 36.4 Å². The summed E-state index contributed by atoms with van der Waals surface area (Å²) in [6, 6.07) is 10.0. The molecule has 142 valence electrons. The summed E-state index contributed by atoms with van der Waals surface area (Å²) in [5, 5.41) is 15.5. The van der Waals surface area contributed by atoms with Crippen molar-refractivity contribution in [2.24, 2.45) is 0 Å². The lowest BCUT2D eigenvalue weighted by Crippen LogP contribution is -1.98. The van der Waals surface area contributed by atoms with Crippen LogP contribution in [0, 0.1) is 0 Å². The topological polar surface area (TPSA) is 101 Å². The van der Waals surface area contributed by atoms with E-state index >= 15 is 0 Å². The van der Waals surface area contributed by atoms with E-state index in [0.717, 1.165) is 6.08 Å². The summed E-state index contributed by atoms with van der Waals surface area (Å²) < 4.78 is 4.27. The lowest BCUT2D eigenvalue weighted by atomic mass is 10.2. The number of ether oxygens (including phenoxy) is 1. The number of rotatable bonds is 4. The van der Waals surface area contributed by atoms with Crippen molar-refractivity contribution in [2.45, 2.75) is 13.8 Å². The third kappa shape index (κ3) is 22.9. The smallest absolute Gasteiger partial charge is 0.332 e. The van der Waals surface area contributed by atoms with Gasteiger partial charge in [0, 0.05) is 17.2 Å². The fourth-order valence-electron chi connectivity index (χ4n) is 0.763. The highest BCUT2D eigenvalue weighted by Crippen LogP contribution is 1.97. The van der Waals surface area contributed by atoms with Crippen molar-refractivity contribution >= 4 is 24.0 Å². The summed E-state index contributed by atoms with van der Waals surface area (Å²) in [7, 11) is 1.33. The summed E-state index contributed by atoms with van der Waals surface area (Å²) in [5.41, 5.74) is 1.78. The molecular formula is C20H26O6. The average molecular weight is 362 g/mol. The van der Waals surface area contributed by atoms with Crippen LogP contribution in [0.3, 0.4) is 0 Å². The number of aliphatic carboxylic acids is 2. The van der Waals surface area contributed by atoms with Gasteiger partial charge in [-0.15, -0.1) is 0 Å². The summed E-state index contributed by atoms with van der Waals surface area (Å²) in [4.78, 5) is 29.0. The Bertz CT molecular complexity index is 602. The molecule has 1 aromatic rings. The molecule has 0 bridgehead atoms. The molecule has 0 aliphatic rings. The van der Waals surface area contributed by atoms with Crippen molar-refractivity contribution in [3.63, 3.8) is 0 Å². The molecule has 0 aliphatic heterocycles. The molecular weight excluding hydrogens is 336 g/mol. The minimum Gasteiger partial charge on any atom is -0.478 e. The molecule has 0 aliphatic carbocycles. The number of methoxy groups -OCH3 is 1. The lowest BCUT2D eigenvalue weighted by Gasteiger charge is -1.91. The van der Waals surface area contributed by atoms with Gasteiger partial charge in [-0.1, -0.05) is 62.7 Å². The molecule has 0 saturated carbocycles. The minimum atomic E-state index is -0.981. The number of hydrogen-bond donors (Lipinski definition) is 2. The first kappa shape index (κ1) is 27.4. The molecule has 2 N–H and O–H groups in total. The second-order valence-corrected chi connectivity index (χ2v) is 4.51. The molecule has 0 aromatic heterocycles. The van der Waals surface area contributed by atoms with Gasteiger partial charge in [-0.25, -0.2) is 14.4 Å². The van der Waals surface area contributed by atoms with Crippen LogP contribution in [-0.2, 0) is 19.1 Å². The van der Waals surface area contributed by atoms with Gasteiger partial charge in [-0.05, 0) is 19.4 Å². The minimum absolute atomic E-state index is 0.176. The van der Waals surface area contributed by atoms with Crippen LogP contribution in [0.4, 0.5) is 0 Å². The van der Waals surface area contributed by atoms with Gasteiger partial charge in [0.1, 0.15) is 0 Å². The van der Waals surface area contributed by atoms with Crippen molar-refractivity contribution in [3.05, 3.63) is 79.4 Å². The number of hydrogen-bond acceptors (Lipinski definition) is 4. The van der Waals surface area contributed by atoms with Gasteiger partial charge in [0.2, 0.25) is 0 Å². The summed E-state index contributed by atoms with van der Waals surface area (Å²) >= 11 is 0. The number of carboxylic acid groups (broad SMARTS) is 2. The molecule has 0 unspecified atom stereocenters. The molecule has 0 atom stereocenters. The molecule has 1 aromatic carbocycles. The Labute approximate surface area is 154 Å². The Kier molecular flexibility index (Phi) is 18.9. The van der Waals surface area contributed by atoms with Crippen LogP contribution in [0.1, 0.15) is 19.4 Å². The quantitative estimate of drug-likeness (QED) is 0.621. The normalized spacial score (nSPS) is 7.65. The second-order valence-electron chi connectivity index (χ2n) is 4.51. The maximum absolute atomic E-state index is 10.2. The molecule has 0 spiro atoms. The van der Waals surface area contributed by atoms with Crippen molar-refractivity contribution in [2.75, 3.05) is 7.11 Å². The highest BCUT2D eigenvalue weighted by molar-refractivity contribution is 5.86. The molecule has 6 nitrogen and oxygen atoms in total. The van der Waals surface area contributed by atoms with Gasteiger partial charge in [-0.3, -0.25) is 0 Å². The van der Waals surface area contributed by atoms with Crippen LogP contribution in [0.15, 0.2) is 73.9 Å². The number of carbonyl (C=O) groups excluding carboxylic acids is 1. The fraction of sp³-hybridized carbons (Fsp3) is 0.150. The maximum atomic E-state index is 10.2. The average Bonchev–Trinajstić information content (AvgIpc) is 2.62. The van der Waals surface area contributed by atoms with Crippen LogP contribution in [0.2, 0.25) is 0 Å². The Balaban J connectivity index is -0.000000276. The van der Waals surface area contributed by atoms with Crippen LogP contribution >= 0.6 is 0 Å². The molecule has 26 heavy (non-hydrogen) atoms.